The molecule has 0 radical (unpaired) electrons. The van der Waals surface area contributed by atoms with E-state index in [1.54, 1.807) is 20.8 Å². The molecule has 0 aliphatic carbocycles. The summed E-state index contributed by atoms with van der Waals surface area (Å²) in [4.78, 5) is 26.0. The van der Waals surface area contributed by atoms with Crippen LogP contribution < -0.4 is 0 Å². The van der Waals surface area contributed by atoms with E-state index in [1.165, 1.54) is 0 Å². The molecule has 5 nitrogen and oxygen atoms in total. The summed E-state index contributed by atoms with van der Waals surface area (Å²) in [6, 6.07) is 9.98. The Hall–Kier alpha value is -1.88. The Labute approximate surface area is 137 Å². The highest BCUT2D eigenvalue weighted by Gasteiger charge is 2.48. The summed E-state index contributed by atoms with van der Waals surface area (Å²) < 4.78 is 5.50. The molecular weight excluding hydrogens is 294 g/mol. The number of carboxylic acids is 1. The summed E-state index contributed by atoms with van der Waals surface area (Å²) in [6.45, 7) is 7.23. The van der Waals surface area contributed by atoms with Gasteiger partial charge in [-0.15, -0.1) is 0 Å². The maximum Gasteiger partial charge on any atom is 0.314 e. The molecule has 23 heavy (non-hydrogen) atoms. The molecule has 1 aliphatic rings. The molecule has 1 N–H and O–H groups in total. The van der Waals surface area contributed by atoms with Gasteiger partial charge in [0.2, 0.25) is 0 Å². The van der Waals surface area contributed by atoms with Crippen molar-refractivity contribution in [1.82, 2.24) is 4.90 Å². The van der Waals surface area contributed by atoms with Crippen molar-refractivity contribution in [1.29, 1.82) is 0 Å². The standard InChI is InChI=1S/C18H25NO4/c1-17(2,3)23-16(22)18(11-15(20)21)9-10-19(13-18)12-14-7-5-4-6-8-14/h4-8H,9-13H2,1-3H3,(H,20,21). The lowest BCUT2D eigenvalue weighted by Crippen LogP contribution is -2.41. The largest absolute Gasteiger partial charge is 0.481 e. The molecule has 1 saturated heterocycles. The van der Waals surface area contributed by atoms with Crippen LogP contribution in [0, 0.1) is 5.41 Å². The summed E-state index contributed by atoms with van der Waals surface area (Å²) in [6.07, 6.45) is 0.328. The zero-order valence-electron chi connectivity index (χ0n) is 14.0. The summed E-state index contributed by atoms with van der Waals surface area (Å²) in [5, 5.41) is 9.24. The molecule has 126 valence electrons. The number of benzene rings is 1. The summed E-state index contributed by atoms with van der Waals surface area (Å²) in [7, 11) is 0. The Bertz CT molecular complexity index is 564. The van der Waals surface area contributed by atoms with Crippen LogP contribution in [0.1, 0.15) is 39.2 Å². The molecular formula is C18H25NO4. The molecule has 1 heterocycles. The van der Waals surface area contributed by atoms with Crippen LogP contribution in [0.4, 0.5) is 0 Å². The average Bonchev–Trinajstić information content (AvgIpc) is 2.81. The van der Waals surface area contributed by atoms with Gasteiger partial charge >= 0.3 is 11.9 Å². The second-order valence-corrected chi connectivity index (χ2v) is 7.30. The number of aliphatic carboxylic acids is 1. The number of nitrogens with zero attached hydrogens (tertiary/aromatic N) is 1. The van der Waals surface area contributed by atoms with E-state index in [2.05, 4.69) is 4.90 Å². The van der Waals surface area contributed by atoms with Crippen molar-refractivity contribution in [2.24, 2.45) is 5.41 Å². The fourth-order valence-corrected chi connectivity index (χ4v) is 2.99. The number of hydrogen-bond donors (Lipinski definition) is 1. The van der Waals surface area contributed by atoms with Crippen molar-refractivity contribution in [3.05, 3.63) is 35.9 Å². The van der Waals surface area contributed by atoms with E-state index in [9.17, 15) is 14.7 Å². The van der Waals surface area contributed by atoms with E-state index in [-0.39, 0.29) is 6.42 Å². The molecule has 2 rings (SSSR count). The molecule has 0 saturated carbocycles. The van der Waals surface area contributed by atoms with Gasteiger partial charge in [-0.3, -0.25) is 14.5 Å². The molecule has 0 aromatic heterocycles. The summed E-state index contributed by atoms with van der Waals surface area (Å²) in [5.74, 6) is -1.36. The van der Waals surface area contributed by atoms with Crippen molar-refractivity contribution >= 4 is 11.9 Å². The summed E-state index contributed by atoms with van der Waals surface area (Å²) in [5.41, 5.74) is -0.411. The first-order valence-corrected chi connectivity index (χ1v) is 7.92. The van der Waals surface area contributed by atoms with Gasteiger partial charge in [0.15, 0.2) is 0 Å². The number of hydrogen-bond acceptors (Lipinski definition) is 4. The fourth-order valence-electron chi connectivity index (χ4n) is 2.99. The summed E-state index contributed by atoms with van der Waals surface area (Å²) >= 11 is 0. The smallest absolute Gasteiger partial charge is 0.314 e. The fraction of sp³-hybridized carbons (Fsp3) is 0.556. The van der Waals surface area contributed by atoms with E-state index in [0.717, 1.165) is 5.56 Å². The second kappa shape index (κ2) is 6.71. The highest BCUT2D eigenvalue weighted by molar-refractivity contribution is 5.83. The van der Waals surface area contributed by atoms with Gasteiger partial charge in [0.05, 0.1) is 11.8 Å². The van der Waals surface area contributed by atoms with Crippen LogP contribution in [0.5, 0.6) is 0 Å². The Kier molecular flexibility index (Phi) is 5.09. The second-order valence-electron chi connectivity index (χ2n) is 7.30. The van der Waals surface area contributed by atoms with E-state index in [1.807, 2.05) is 30.3 Å². The van der Waals surface area contributed by atoms with Gasteiger partial charge in [-0.25, -0.2) is 0 Å². The third-order valence-electron chi connectivity index (χ3n) is 4.00. The van der Waals surface area contributed by atoms with Crippen LogP contribution in [0.25, 0.3) is 0 Å². The zero-order chi connectivity index (χ0) is 17.1. The Morgan fingerprint density at radius 3 is 2.48 bits per heavy atom. The molecule has 1 aromatic carbocycles. The van der Waals surface area contributed by atoms with Gasteiger partial charge in [0.1, 0.15) is 5.60 Å². The number of ether oxygens (including phenoxy) is 1. The van der Waals surface area contributed by atoms with Crippen LogP contribution >= 0.6 is 0 Å². The van der Waals surface area contributed by atoms with E-state index < -0.39 is 23.0 Å². The molecule has 0 bridgehead atoms. The lowest BCUT2D eigenvalue weighted by atomic mass is 9.83. The Morgan fingerprint density at radius 1 is 1.26 bits per heavy atom. The zero-order valence-corrected chi connectivity index (χ0v) is 14.0. The number of esters is 1. The van der Waals surface area contributed by atoms with Crippen molar-refractivity contribution in [3.63, 3.8) is 0 Å². The highest BCUT2D eigenvalue weighted by atomic mass is 16.6. The first-order chi connectivity index (χ1) is 10.7. The molecule has 0 amide bonds. The number of carboxylic acid groups (broad SMARTS) is 1. The lowest BCUT2D eigenvalue weighted by Gasteiger charge is -2.30. The lowest BCUT2D eigenvalue weighted by molar-refractivity contribution is -0.170. The van der Waals surface area contributed by atoms with E-state index in [0.29, 0.717) is 26.1 Å². The highest BCUT2D eigenvalue weighted by Crippen LogP contribution is 2.37. The van der Waals surface area contributed by atoms with Crippen molar-refractivity contribution in [2.45, 2.75) is 45.8 Å². The minimum absolute atomic E-state index is 0.187. The average molecular weight is 319 g/mol. The van der Waals surface area contributed by atoms with Gasteiger partial charge in [-0.1, -0.05) is 30.3 Å². The SMILES string of the molecule is CC(C)(C)OC(=O)C1(CC(=O)O)CCN(Cc2ccccc2)C1. The quantitative estimate of drug-likeness (QED) is 0.845. The minimum atomic E-state index is -0.961. The van der Waals surface area contributed by atoms with Gasteiger partial charge in [-0.2, -0.15) is 0 Å². The first kappa shape index (κ1) is 17.5. The maximum atomic E-state index is 12.6. The van der Waals surface area contributed by atoms with Crippen molar-refractivity contribution in [2.75, 3.05) is 13.1 Å². The van der Waals surface area contributed by atoms with Crippen molar-refractivity contribution < 1.29 is 19.4 Å². The Morgan fingerprint density at radius 2 is 1.91 bits per heavy atom. The molecule has 1 fully saturated rings. The topological polar surface area (TPSA) is 66.8 Å². The molecule has 1 aromatic rings. The van der Waals surface area contributed by atoms with E-state index in [4.69, 9.17) is 4.74 Å². The molecule has 1 unspecified atom stereocenters. The molecule has 1 atom stereocenters. The predicted octanol–water partition coefficient (Wildman–Crippen LogP) is 2.70. The number of rotatable bonds is 5. The monoisotopic (exact) mass is 319 g/mol. The van der Waals surface area contributed by atoms with Crippen LogP contribution in [0.15, 0.2) is 30.3 Å². The van der Waals surface area contributed by atoms with Crippen LogP contribution in [0.3, 0.4) is 0 Å². The molecule has 5 heteroatoms. The van der Waals surface area contributed by atoms with Gasteiger partial charge in [-0.05, 0) is 39.3 Å². The third kappa shape index (κ3) is 4.79. The van der Waals surface area contributed by atoms with Crippen LogP contribution in [-0.2, 0) is 20.9 Å². The van der Waals surface area contributed by atoms with Crippen molar-refractivity contribution in [3.8, 4) is 0 Å². The number of likely N-dealkylation sites (tertiary alicyclic amines) is 1. The van der Waals surface area contributed by atoms with Gasteiger partial charge in [0.25, 0.3) is 0 Å². The van der Waals surface area contributed by atoms with Gasteiger partial charge < -0.3 is 9.84 Å². The maximum absolute atomic E-state index is 12.6. The number of carbonyl (C=O) groups excluding carboxylic acids is 1. The first-order valence-electron chi connectivity index (χ1n) is 7.92. The van der Waals surface area contributed by atoms with Crippen LogP contribution in [0.2, 0.25) is 0 Å². The molecule has 0 spiro atoms. The van der Waals surface area contributed by atoms with E-state index >= 15 is 0 Å². The number of carbonyl (C=O) groups is 2. The minimum Gasteiger partial charge on any atom is -0.481 e. The Balaban J connectivity index is 2.11. The molecule has 1 aliphatic heterocycles. The predicted molar refractivity (Wildman–Crippen MR) is 86.9 cm³/mol. The van der Waals surface area contributed by atoms with Crippen LogP contribution in [-0.4, -0.2) is 40.6 Å². The normalized spacial score (nSPS) is 22.0. The third-order valence-corrected chi connectivity index (χ3v) is 4.00. The van der Waals surface area contributed by atoms with Gasteiger partial charge in [0, 0.05) is 13.1 Å².